The van der Waals surface area contributed by atoms with Crippen molar-refractivity contribution >= 4 is 0 Å². The Labute approximate surface area is 103 Å². The van der Waals surface area contributed by atoms with Crippen LogP contribution in [-0.4, -0.2) is 19.7 Å². The molecular formula is C14H20N2O. The van der Waals surface area contributed by atoms with Crippen LogP contribution in [0.1, 0.15) is 25.3 Å². The van der Waals surface area contributed by atoms with Crippen LogP contribution in [0.2, 0.25) is 0 Å². The lowest BCUT2D eigenvalue weighted by Crippen LogP contribution is -2.18. The molecule has 1 aromatic rings. The Bertz CT molecular complexity index is 340. The summed E-state index contributed by atoms with van der Waals surface area (Å²) >= 11 is 0. The van der Waals surface area contributed by atoms with E-state index in [1.54, 1.807) is 0 Å². The molecule has 0 radical (unpaired) electrons. The van der Waals surface area contributed by atoms with Crippen LogP contribution in [0.15, 0.2) is 24.3 Å². The number of benzene rings is 1. The van der Waals surface area contributed by atoms with Gasteiger partial charge in [-0.05, 0) is 43.6 Å². The highest BCUT2D eigenvalue weighted by atomic mass is 16.5. The molecule has 3 nitrogen and oxygen atoms in total. The summed E-state index contributed by atoms with van der Waals surface area (Å²) in [6.45, 7) is 4.96. The third-order valence-corrected chi connectivity index (χ3v) is 2.40. The fourth-order valence-corrected chi connectivity index (χ4v) is 1.48. The second-order valence-electron chi connectivity index (χ2n) is 3.93. The van der Waals surface area contributed by atoms with E-state index >= 15 is 0 Å². The summed E-state index contributed by atoms with van der Waals surface area (Å²) in [6, 6.07) is 9.85. The first-order chi connectivity index (χ1) is 8.36. The summed E-state index contributed by atoms with van der Waals surface area (Å²) in [5.74, 6) is 0.877. The van der Waals surface area contributed by atoms with E-state index < -0.39 is 0 Å². The smallest absolute Gasteiger partial charge is 0.119 e. The van der Waals surface area contributed by atoms with E-state index in [2.05, 4.69) is 18.3 Å². The molecule has 0 aliphatic carbocycles. The number of hydrogen-bond donors (Lipinski definition) is 1. The van der Waals surface area contributed by atoms with Crippen LogP contribution in [0.5, 0.6) is 5.75 Å². The molecule has 3 heteroatoms. The molecule has 0 bridgehead atoms. The monoisotopic (exact) mass is 232 g/mol. The molecule has 0 unspecified atom stereocenters. The van der Waals surface area contributed by atoms with Crippen molar-refractivity contribution in [2.24, 2.45) is 0 Å². The Morgan fingerprint density at radius 2 is 2.00 bits per heavy atom. The number of nitrogens with one attached hydrogen (secondary N) is 1. The second-order valence-corrected chi connectivity index (χ2v) is 3.93. The fraction of sp³-hybridized carbons (Fsp3) is 0.500. The summed E-state index contributed by atoms with van der Waals surface area (Å²) in [5, 5.41) is 11.9. The Hall–Kier alpha value is -1.53. The van der Waals surface area contributed by atoms with Crippen molar-refractivity contribution < 1.29 is 4.74 Å². The molecule has 0 aliphatic rings. The van der Waals surface area contributed by atoms with Crippen LogP contribution in [0.25, 0.3) is 0 Å². The first-order valence-electron chi connectivity index (χ1n) is 6.16. The van der Waals surface area contributed by atoms with Gasteiger partial charge in [0.05, 0.1) is 19.1 Å². The van der Waals surface area contributed by atoms with E-state index in [1.165, 1.54) is 6.42 Å². The fourth-order valence-electron chi connectivity index (χ4n) is 1.48. The second kappa shape index (κ2) is 8.60. The van der Waals surface area contributed by atoms with E-state index in [4.69, 9.17) is 10.00 Å². The molecule has 17 heavy (non-hydrogen) atoms. The van der Waals surface area contributed by atoms with Crippen molar-refractivity contribution in [2.45, 2.75) is 26.2 Å². The molecule has 0 aromatic heterocycles. The van der Waals surface area contributed by atoms with E-state index in [9.17, 15) is 0 Å². The molecule has 1 rings (SSSR count). The Balaban J connectivity index is 2.17. The molecule has 0 heterocycles. The highest BCUT2D eigenvalue weighted by Crippen LogP contribution is 2.12. The van der Waals surface area contributed by atoms with Crippen molar-refractivity contribution in [3.63, 3.8) is 0 Å². The lowest BCUT2D eigenvalue weighted by atomic mass is 10.2. The van der Waals surface area contributed by atoms with E-state index in [-0.39, 0.29) is 0 Å². The highest BCUT2D eigenvalue weighted by molar-refractivity contribution is 5.28. The van der Waals surface area contributed by atoms with Crippen molar-refractivity contribution in [1.82, 2.24) is 5.32 Å². The minimum Gasteiger partial charge on any atom is -0.494 e. The zero-order chi connectivity index (χ0) is 12.3. The van der Waals surface area contributed by atoms with Gasteiger partial charge in [-0.15, -0.1) is 0 Å². The van der Waals surface area contributed by atoms with Crippen LogP contribution in [0.3, 0.4) is 0 Å². The van der Waals surface area contributed by atoms with Gasteiger partial charge in [0.15, 0.2) is 0 Å². The van der Waals surface area contributed by atoms with Gasteiger partial charge in [0.2, 0.25) is 0 Å². The maximum absolute atomic E-state index is 8.54. The average molecular weight is 232 g/mol. The summed E-state index contributed by atoms with van der Waals surface area (Å²) in [5.41, 5.74) is 1.03. The predicted octanol–water partition coefficient (Wildman–Crippen LogP) is 2.52. The van der Waals surface area contributed by atoms with E-state index in [1.807, 2.05) is 24.3 Å². The van der Waals surface area contributed by atoms with Crippen LogP contribution in [0.4, 0.5) is 0 Å². The maximum atomic E-state index is 8.54. The SMILES string of the molecule is CCCNCCCOc1ccc(CC#N)cc1. The van der Waals surface area contributed by atoms with Gasteiger partial charge < -0.3 is 10.1 Å². The lowest BCUT2D eigenvalue weighted by Gasteiger charge is -2.07. The quantitative estimate of drug-likeness (QED) is 0.700. The van der Waals surface area contributed by atoms with Gasteiger partial charge >= 0.3 is 0 Å². The molecule has 0 atom stereocenters. The maximum Gasteiger partial charge on any atom is 0.119 e. The van der Waals surface area contributed by atoms with E-state index in [0.29, 0.717) is 6.42 Å². The standard InChI is InChI=1S/C14H20N2O/c1-2-10-16-11-3-12-17-14-6-4-13(5-7-14)8-9-15/h4-7,16H,2-3,8,10-12H2,1H3. The van der Waals surface area contributed by atoms with Crippen molar-refractivity contribution in [1.29, 1.82) is 5.26 Å². The van der Waals surface area contributed by atoms with Gasteiger partial charge in [-0.3, -0.25) is 0 Å². The average Bonchev–Trinajstić information content (AvgIpc) is 2.36. The zero-order valence-electron chi connectivity index (χ0n) is 10.4. The highest BCUT2D eigenvalue weighted by Gasteiger charge is 1.95. The van der Waals surface area contributed by atoms with Crippen molar-refractivity contribution in [3.05, 3.63) is 29.8 Å². The molecule has 0 saturated heterocycles. The molecule has 0 saturated carbocycles. The van der Waals surface area contributed by atoms with Crippen molar-refractivity contribution in [2.75, 3.05) is 19.7 Å². The summed E-state index contributed by atoms with van der Waals surface area (Å²) in [4.78, 5) is 0. The van der Waals surface area contributed by atoms with Crippen LogP contribution in [0, 0.1) is 11.3 Å². The Morgan fingerprint density at radius 1 is 1.24 bits per heavy atom. The lowest BCUT2D eigenvalue weighted by molar-refractivity contribution is 0.308. The minimum atomic E-state index is 0.460. The molecule has 1 N–H and O–H groups in total. The van der Waals surface area contributed by atoms with Crippen molar-refractivity contribution in [3.8, 4) is 11.8 Å². The molecule has 0 spiro atoms. The Kier molecular flexibility index (Phi) is 6.85. The van der Waals surface area contributed by atoms with Gasteiger partial charge in [0, 0.05) is 0 Å². The summed E-state index contributed by atoms with van der Waals surface area (Å²) in [6.07, 6.45) is 2.64. The number of hydrogen-bond acceptors (Lipinski definition) is 3. The summed E-state index contributed by atoms with van der Waals surface area (Å²) < 4.78 is 5.60. The summed E-state index contributed by atoms with van der Waals surface area (Å²) in [7, 11) is 0. The third kappa shape index (κ3) is 5.94. The molecule has 92 valence electrons. The van der Waals surface area contributed by atoms with Gasteiger partial charge in [0.1, 0.15) is 5.75 Å². The number of nitriles is 1. The van der Waals surface area contributed by atoms with Crippen LogP contribution < -0.4 is 10.1 Å². The molecular weight excluding hydrogens is 212 g/mol. The molecule has 0 fully saturated rings. The first-order valence-corrected chi connectivity index (χ1v) is 6.16. The van der Waals surface area contributed by atoms with Gasteiger partial charge in [-0.25, -0.2) is 0 Å². The third-order valence-electron chi connectivity index (χ3n) is 2.40. The zero-order valence-corrected chi connectivity index (χ0v) is 10.4. The normalized spacial score (nSPS) is 9.88. The molecule has 0 amide bonds. The van der Waals surface area contributed by atoms with Crippen LogP contribution in [-0.2, 0) is 6.42 Å². The van der Waals surface area contributed by atoms with Gasteiger partial charge in [-0.1, -0.05) is 19.1 Å². The van der Waals surface area contributed by atoms with Gasteiger partial charge in [0.25, 0.3) is 0 Å². The van der Waals surface area contributed by atoms with E-state index in [0.717, 1.165) is 37.4 Å². The minimum absolute atomic E-state index is 0.460. The topological polar surface area (TPSA) is 45.0 Å². The first kappa shape index (κ1) is 13.5. The Morgan fingerprint density at radius 3 is 2.65 bits per heavy atom. The molecule has 1 aromatic carbocycles. The number of ether oxygens (including phenoxy) is 1. The van der Waals surface area contributed by atoms with Gasteiger partial charge in [-0.2, -0.15) is 5.26 Å². The largest absolute Gasteiger partial charge is 0.494 e. The number of nitrogens with zero attached hydrogens (tertiary/aromatic N) is 1. The van der Waals surface area contributed by atoms with Crippen LogP contribution >= 0.6 is 0 Å². The number of rotatable bonds is 8. The molecule has 0 aliphatic heterocycles. The predicted molar refractivity (Wildman–Crippen MR) is 69.0 cm³/mol.